The Hall–Kier alpha value is -2.57. The van der Waals surface area contributed by atoms with Crippen LogP contribution in [0.15, 0.2) is 37.4 Å². The van der Waals surface area contributed by atoms with Gasteiger partial charge in [0.05, 0.1) is 18.5 Å². The number of nitrogens with zero attached hydrogens (tertiary/aromatic N) is 1. The first-order valence-corrected chi connectivity index (χ1v) is 5.73. The Balaban J connectivity index is 2.40. The van der Waals surface area contributed by atoms with E-state index in [1.165, 1.54) is 6.26 Å². The monoisotopic (exact) mass is 263 g/mol. The Kier molecular flexibility index (Phi) is 3.65. The minimum atomic E-state index is -0.757. The van der Waals surface area contributed by atoms with Gasteiger partial charge in [-0.1, -0.05) is 6.92 Å². The largest absolute Gasteiger partial charge is 0.494 e. The van der Waals surface area contributed by atoms with Crippen LogP contribution in [0.25, 0.3) is 0 Å². The molecule has 0 aliphatic carbocycles. The molecule has 2 heterocycles. The second-order valence-corrected chi connectivity index (χ2v) is 3.83. The predicted octanol–water partition coefficient (Wildman–Crippen LogP) is 0.761. The highest BCUT2D eigenvalue weighted by Gasteiger charge is 2.13. The van der Waals surface area contributed by atoms with Gasteiger partial charge in [0.2, 0.25) is 5.88 Å². The molecule has 0 unspecified atom stereocenters. The third-order valence-electron chi connectivity index (χ3n) is 2.55. The van der Waals surface area contributed by atoms with Crippen molar-refractivity contribution in [1.82, 2.24) is 9.97 Å². The summed E-state index contributed by atoms with van der Waals surface area (Å²) >= 11 is 0. The summed E-state index contributed by atoms with van der Waals surface area (Å²) in [6, 6.07) is 3.49. The van der Waals surface area contributed by atoms with Crippen molar-refractivity contribution in [3.05, 3.63) is 50.6 Å². The Morgan fingerprint density at radius 3 is 2.79 bits per heavy atom. The van der Waals surface area contributed by atoms with Crippen LogP contribution < -0.4 is 11.2 Å². The molecule has 0 spiro atoms. The molecule has 0 aliphatic rings. The lowest BCUT2D eigenvalue weighted by Gasteiger charge is -2.04. The van der Waals surface area contributed by atoms with Gasteiger partial charge >= 0.3 is 5.69 Å². The van der Waals surface area contributed by atoms with E-state index in [1.807, 2.05) is 0 Å². The molecular weight excluding hydrogens is 250 g/mol. The second-order valence-electron chi connectivity index (χ2n) is 3.83. The van der Waals surface area contributed by atoms with E-state index < -0.39 is 17.1 Å². The number of hydrogen-bond donors (Lipinski definition) is 3. The normalized spacial score (nSPS) is 11.7. The number of aromatic hydroxyl groups is 1. The first-order valence-electron chi connectivity index (χ1n) is 5.73. The Labute approximate surface area is 107 Å². The fourth-order valence-corrected chi connectivity index (χ4v) is 1.69. The first kappa shape index (κ1) is 12.9. The van der Waals surface area contributed by atoms with Gasteiger partial charge in [-0.05, 0) is 18.6 Å². The predicted molar refractivity (Wildman–Crippen MR) is 68.6 cm³/mol. The van der Waals surface area contributed by atoms with E-state index in [1.54, 1.807) is 19.1 Å². The maximum Gasteiger partial charge on any atom is 0.328 e. The van der Waals surface area contributed by atoms with E-state index in [9.17, 15) is 14.7 Å². The van der Waals surface area contributed by atoms with Gasteiger partial charge in [0.1, 0.15) is 11.3 Å². The number of nitrogens with one attached hydrogen (secondary N) is 2. The quantitative estimate of drug-likeness (QED) is 0.707. The summed E-state index contributed by atoms with van der Waals surface area (Å²) < 4.78 is 5.13. The lowest BCUT2D eigenvalue weighted by atomic mass is 10.1. The van der Waals surface area contributed by atoms with Gasteiger partial charge < -0.3 is 9.52 Å². The molecule has 0 aromatic carbocycles. The summed E-state index contributed by atoms with van der Waals surface area (Å²) in [6.07, 6.45) is 1.96. The summed E-state index contributed by atoms with van der Waals surface area (Å²) in [7, 11) is 0. The Morgan fingerprint density at radius 1 is 1.42 bits per heavy atom. The van der Waals surface area contributed by atoms with Gasteiger partial charge in [0, 0.05) is 0 Å². The third-order valence-corrected chi connectivity index (χ3v) is 2.55. The van der Waals surface area contributed by atoms with E-state index in [0.717, 1.165) is 0 Å². The molecule has 0 fully saturated rings. The van der Waals surface area contributed by atoms with Crippen molar-refractivity contribution >= 4 is 5.71 Å². The molecule has 0 saturated carbocycles. The molecule has 0 amide bonds. The zero-order chi connectivity index (χ0) is 13.8. The summed E-state index contributed by atoms with van der Waals surface area (Å²) in [4.78, 5) is 31.1. The number of aromatic amines is 2. The molecule has 19 heavy (non-hydrogen) atoms. The topological polar surface area (TPSA) is 111 Å². The molecule has 0 saturated heterocycles. The first-order chi connectivity index (χ1) is 9.11. The molecule has 100 valence electrons. The summed E-state index contributed by atoms with van der Waals surface area (Å²) in [6.45, 7) is 2.05. The molecule has 2 aromatic rings. The lowest BCUT2D eigenvalue weighted by molar-refractivity contribution is 0.447. The summed E-state index contributed by atoms with van der Waals surface area (Å²) in [5.41, 5.74) is -1.05. The minimum absolute atomic E-state index is 0.0198. The van der Waals surface area contributed by atoms with E-state index in [-0.39, 0.29) is 12.1 Å². The van der Waals surface area contributed by atoms with Crippen molar-refractivity contribution in [1.29, 1.82) is 0 Å². The van der Waals surface area contributed by atoms with Crippen molar-refractivity contribution < 1.29 is 9.52 Å². The van der Waals surface area contributed by atoms with Crippen molar-refractivity contribution in [3.63, 3.8) is 0 Å². The molecule has 2 aromatic heterocycles. The van der Waals surface area contributed by atoms with Gasteiger partial charge in [-0.2, -0.15) is 0 Å². The molecular formula is C12H13N3O4. The average Bonchev–Trinajstić information content (AvgIpc) is 2.85. The zero-order valence-corrected chi connectivity index (χ0v) is 10.3. The zero-order valence-electron chi connectivity index (χ0n) is 10.3. The molecule has 2 rings (SSSR count). The summed E-state index contributed by atoms with van der Waals surface area (Å²) in [5, 5.41) is 9.65. The van der Waals surface area contributed by atoms with Crippen LogP contribution in [0.5, 0.6) is 5.88 Å². The fourth-order valence-electron chi connectivity index (χ4n) is 1.69. The number of furan rings is 1. The van der Waals surface area contributed by atoms with Crippen LogP contribution in [0.2, 0.25) is 0 Å². The van der Waals surface area contributed by atoms with Crippen molar-refractivity contribution in [2.45, 2.75) is 19.9 Å². The Bertz CT molecular complexity index is 695. The van der Waals surface area contributed by atoms with Crippen LogP contribution in [0, 0.1) is 0 Å². The average molecular weight is 263 g/mol. The SMILES string of the molecule is CCC(=NCc1ccco1)c1c(O)[nH]c(=O)[nH]c1=O. The number of rotatable bonds is 4. The molecule has 0 aliphatic heterocycles. The van der Waals surface area contributed by atoms with Gasteiger partial charge in [0.15, 0.2) is 0 Å². The number of H-pyrrole nitrogens is 2. The number of aromatic nitrogens is 2. The maximum absolute atomic E-state index is 11.7. The van der Waals surface area contributed by atoms with Crippen molar-refractivity contribution in [2.75, 3.05) is 0 Å². The van der Waals surface area contributed by atoms with Gasteiger partial charge in [0.25, 0.3) is 5.56 Å². The summed E-state index contributed by atoms with van der Waals surface area (Å²) in [5.74, 6) is 0.167. The second kappa shape index (κ2) is 5.38. The standard InChI is InChI=1S/C12H13N3O4/c1-2-8(13-6-7-4-3-5-19-7)9-10(16)14-12(18)15-11(9)17/h3-5H,2,6H2,1H3,(H3,14,15,16,17,18). The van der Waals surface area contributed by atoms with Crippen molar-refractivity contribution in [3.8, 4) is 5.88 Å². The molecule has 0 radical (unpaired) electrons. The highest BCUT2D eigenvalue weighted by atomic mass is 16.3. The van der Waals surface area contributed by atoms with Gasteiger partial charge in [-0.15, -0.1) is 0 Å². The molecule has 7 heteroatoms. The minimum Gasteiger partial charge on any atom is -0.494 e. The fraction of sp³-hybridized carbons (Fsp3) is 0.250. The smallest absolute Gasteiger partial charge is 0.328 e. The van der Waals surface area contributed by atoms with Crippen LogP contribution in [-0.2, 0) is 6.54 Å². The molecule has 0 atom stereocenters. The van der Waals surface area contributed by atoms with Crippen LogP contribution in [-0.4, -0.2) is 20.8 Å². The third kappa shape index (κ3) is 2.82. The van der Waals surface area contributed by atoms with Gasteiger partial charge in [-0.3, -0.25) is 19.8 Å². The van der Waals surface area contributed by atoms with Crippen LogP contribution in [0.1, 0.15) is 24.7 Å². The van der Waals surface area contributed by atoms with E-state index in [2.05, 4.69) is 15.0 Å². The maximum atomic E-state index is 11.7. The number of aliphatic imine (C=N–C) groups is 1. The molecule has 3 N–H and O–H groups in total. The molecule has 0 bridgehead atoms. The van der Waals surface area contributed by atoms with E-state index in [0.29, 0.717) is 17.9 Å². The van der Waals surface area contributed by atoms with E-state index in [4.69, 9.17) is 4.42 Å². The highest BCUT2D eigenvalue weighted by Crippen LogP contribution is 2.11. The van der Waals surface area contributed by atoms with Crippen LogP contribution in [0.3, 0.4) is 0 Å². The van der Waals surface area contributed by atoms with Crippen molar-refractivity contribution in [2.24, 2.45) is 4.99 Å². The number of hydrogen-bond acceptors (Lipinski definition) is 5. The van der Waals surface area contributed by atoms with Crippen LogP contribution in [0.4, 0.5) is 0 Å². The lowest BCUT2D eigenvalue weighted by Crippen LogP contribution is -2.27. The highest BCUT2D eigenvalue weighted by molar-refractivity contribution is 6.01. The molecule has 7 nitrogen and oxygen atoms in total. The van der Waals surface area contributed by atoms with E-state index >= 15 is 0 Å². The Morgan fingerprint density at radius 2 is 2.21 bits per heavy atom. The van der Waals surface area contributed by atoms with Crippen LogP contribution >= 0.6 is 0 Å². The van der Waals surface area contributed by atoms with Gasteiger partial charge in [-0.25, -0.2) is 4.79 Å².